The summed E-state index contributed by atoms with van der Waals surface area (Å²) in [4.78, 5) is 43.4. The van der Waals surface area contributed by atoms with Crippen LogP contribution in [0.2, 0.25) is 0 Å². The summed E-state index contributed by atoms with van der Waals surface area (Å²) in [5, 5.41) is 2.98. The summed E-state index contributed by atoms with van der Waals surface area (Å²) in [7, 11) is 0. The van der Waals surface area contributed by atoms with Crippen molar-refractivity contribution in [2.24, 2.45) is 5.92 Å². The molecule has 1 amide bonds. The zero-order chi connectivity index (χ0) is 24.5. The number of ketones is 2. The average molecular weight is 467 g/mol. The molecule has 6 heteroatoms. The summed E-state index contributed by atoms with van der Waals surface area (Å²) in [6.45, 7) is 3.39. The van der Waals surface area contributed by atoms with Crippen LogP contribution in [0.5, 0.6) is 0 Å². The fraction of sp³-hybridized carbons (Fsp3) is 0.207. The molecule has 0 radical (unpaired) electrons. The lowest BCUT2D eigenvalue weighted by molar-refractivity contribution is -0.122. The predicted molar refractivity (Wildman–Crippen MR) is 132 cm³/mol. The number of halogens is 1. The molecule has 3 aromatic carbocycles. The van der Waals surface area contributed by atoms with Crippen LogP contribution in [-0.4, -0.2) is 29.6 Å². The molecule has 0 aromatic heterocycles. The zero-order valence-electron chi connectivity index (χ0n) is 19.3. The molecule has 0 unspecified atom stereocenters. The summed E-state index contributed by atoms with van der Waals surface area (Å²) in [6.07, 6.45) is 3.62. The first-order valence-corrected chi connectivity index (χ1v) is 11.6. The predicted octanol–water partition coefficient (Wildman–Crippen LogP) is 4.70. The molecule has 1 saturated heterocycles. The number of carbonyl (C=O) groups is 3. The van der Waals surface area contributed by atoms with E-state index in [0.29, 0.717) is 28.1 Å². The molecule has 4 atom stereocenters. The highest BCUT2D eigenvalue weighted by Crippen LogP contribution is 2.57. The Hall–Kier alpha value is -4.06. The molecule has 35 heavy (non-hydrogen) atoms. The first-order chi connectivity index (χ1) is 16.8. The molecule has 0 bridgehead atoms. The largest absolute Gasteiger partial charge is 0.352 e. The van der Waals surface area contributed by atoms with Crippen molar-refractivity contribution >= 4 is 34.9 Å². The quantitative estimate of drug-likeness (QED) is 0.569. The second kappa shape index (κ2) is 7.47. The maximum Gasteiger partial charge on any atom is 0.238 e. The van der Waals surface area contributed by atoms with Crippen LogP contribution >= 0.6 is 0 Å². The molecular weight excluding hydrogens is 443 g/mol. The summed E-state index contributed by atoms with van der Waals surface area (Å²) in [6, 6.07) is 17.4. The van der Waals surface area contributed by atoms with Crippen LogP contribution in [0.1, 0.15) is 34.0 Å². The van der Waals surface area contributed by atoms with Crippen molar-refractivity contribution in [1.82, 2.24) is 0 Å². The summed E-state index contributed by atoms with van der Waals surface area (Å²) in [5.41, 5.74) is 2.72. The maximum atomic E-state index is 14.3. The Bertz CT molecular complexity index is 1440. The van der Waals surface area contributed by atoms with Gasteiger partial charge in [-0.05, 0) is 43.7 Å². The van der Waals surface area contributed by atoms with Gasteiger partial charge < -0.3 is 10.2 Å². The maximum absolute atomic E-state index is 14.3. The van der Waals surface area contributed by atoms with Crippen LogP contribution in [0, 0.1) is 18.7 Å². The van der Waals surface area contributed by atoms with Gasteiger partial charge in [-0.1, -0.05) is 60.2 Å². The van der Waals surface area contributed by atoms with E-state index in [1.807, 2.05) is 54.3 Å². The van der Waals surface area contributed by atoms with E-state index in [9.17, 15) is 18.8 Å². The Morgan fingerprint density at radius 1 is 1.03 bits per heavy atom. The Balaban J connectivity index is 1.65. The van der Waals surface area contributed by atoms with Crippen LogP contribution in [0.3, 0.4) is 0 Å². The number of aryl methyl sites for hydroxylation is 1. The second-order valence-corrected chi connectivity index (χ2v) is 9.55. The topological polar surface area (TPSA) is 66.5 Å². The monoisotopic (exact) mass is 466 g/mol. The highest BCUT2D eigenvalue weighted by Gasteiger charge is 2.69. The molecule has 1 N–H and O–H groups in total. The van der Waals surface area contributed by atoms with E-state index in [2.05, 4.69) is 5.32 Å². The van der Waals surface area contributed by atoms with Gasteiger partial charge in [-0.2, -0.15) is 0 Å². The SMILES string of the molecule is CC(=O)[C@@H]1[C@H](C(=O)c2ccc(C)cc2)[C@]2(C(=O)Nc3ccccc32)[C@H]2C=Cc3cc(F)ccc3N12. The molecule has 0 aliphatic carbocycles. The number of Topliss-reactive ketones (excluding diaryl/α,β-unsaturated/α-hetero) is 2. The van der Waals surface area contributed by atoms with E-state index >= 15 is 0 Å². The van der Waals surface area contributed by atoms with Crippen LogP contribution < -0.4 is 10.2 Å². The lowest BCUT2D eigenvalue weighted by Gasteiger charge is -2.37. The molecule has 3 aliphatic heterocycles. The van der Waals surface area contributed by atoms with E-state index in [4.69, 9.17) is 0 Å². The van der Waals surface area contributed by atoms with Gasteiger partial charge in [-0.3, -0.25) is 14.4 Å². The van der Waals surface area contributed by atoms with Crippen molar-refractivity contribution in [3.05, 3.63) is 101 Å². The average Bonchev–Trinajstić information content (AvgIpc) is 3.32. The third-order valence-corrected chi connectivity index (χ3v) is 7.63. The fourth-order valence-corrected chi connectivity index (χ4v) is 6.20. The smallest absolute Gasteiger partial charge is 0.238 e. The number of nitrogens with one attached hydrogen (secondary N) is 1. The molecule has 3 aliphatic rings. The lowest BCUT2D eigenvalue weighted by Crippen LogP contribution is -2.51. The number of anilines is 2. The number of hydrogen-bond acceptors (Lipinski definition) is 4. The first kappa shape index (κ1) is 21.5. The third kappa shape index (κ3) is 2.83. The Morgan fingerprint density at radius 2 is 1.77 bits per heavy atom. The van der Waals surface area contributed by atoms with Crippen molar-refractivity contribution in [2.45, 2.75) is 31.3 Å². The first-order valence-electron chi connectivity index (χ1n) is 11.6. The Kier molecular flexibility index (Phi) is 4.58. The number of para-hydroxylation sites is 1. The van der Waals surface area contributed by atoms with Crippen molar-refractivity contribution in [3.8, 4) is 0 Å². The lowest BCUT2D eigenvalue weighted by atomic mass is 9.64. The van der Waals surface area contributed by atoms with Crippen molar-refractivity contribution < 1.29 is 18.8 Å². The van der Waals surface area contributed by atoms with Gasteiger partial charge in [0.2, 0.25) is 5.91 Å². The van der Waals surface area contributed by atoms with Gasteiger partial charge in [0.25, 0.3) is 0 Å². The fourth-order valence-electron chi connectivity index (χ4n) is 6.20. The third-order valence-electron chi connectivity index (χ3n) is 7.63. The van der Waals surface area contributed by atoms with E-state index in [-0.39, 0.29) is 17.5 Å². The van der Waals surface area contributed by atoms with Gasteiger partial charge in [0.05, 0.1) is 18.0 Å². The van der Waals surface area contributed by atoms with E-state index in [1.54, 1.807) is 24.3 Å². The number of benzene rings is 3. The van der Waals surface area contributed by atoms with Crippen molar-refractivity contribution in [2.75, 3.05) is 10.2 Å². The molecular formula is C29H23FN2O3. The van der Waals surface area contributed by atoms with Crippen LogP contribution in [-0.2, 0) is 15.0 Å². The molecule has 3 aromatic rings. The minimum absolute atomic E-state index is 0.222. The molecule has 6 rings (SSSR count). The zero-order valence-corrected chi connectivity index (χ0v) is 19.3. The second-order valence-electron chi connectivity index (χ2n) is 9.55. The number of fused-ring (bicyclic) bond motifs is 6. The van der Waals surface area contributed by atoms with Crippen molar-refractivity contribution in [3.63, 3.8) is 0 Å². The minimum atomic E-state index is -1.32. The molecule has 5 nitrogen and oxygen atoms in total. The van der Waals surface area contributed by atoms with Crippen LogP contribution in [0.25, 0.3) is 6.08 Å². The number of amides is 1. The molecule has 174 valence electrons. The number of nitrogens with zero attached hydrogens (tertiary/aromatic N) is 1. The van der Waals surface area contributed by atoms with Gasteiger partial charge in [-0.25, -0.2) is 4.39 Å². The Labute approximate surface area is 202 Å². The van der Waals surface area contributed by atoms with Gasteiger partial charge in [-0.15, -0.1) is 0 Å². The standard InChI is InChI=1S/C29H23FN2O3/c1-16-7-9-18(10-8-16)27(34)25-26(17(2)33)32-23-13-12-20(30)15-19(23)11-14-24(32)29(25)21-5-3-4-6-22(21)31-28(29)35/h3-15,24-26H,1-2H3,(H,31,35)/t24-,25-,26-,29-/m1/s1. The van der Waals surface area contributed by atoms with Gasteiger partial charge in [0, 0.05) is 22.5 Å². The van der Waals surface area contributed by atoms with Gasteiger partial charge in [0.15, 0.2) is 11.6 Å². The highest BCUT2D eigenvalue weighted by molar-refractivity contribution is 6.16. The number of hydrogen-bond donors (Lipinski definition) is 1. The van der Waals surface area contributed by atoms with E-state index < -0.39 is 29.2 Å². The normalized spacial score (nSPS) is 25.7. The molecule has 0 saturated carbocycles. The Morgan fingerprint density at radius 3 is 2.51 bits per heavy atom. The van der Waals surface area contributed by atoms with E-state index in [0.717, 1.165) is 5.56 Å². The van der Waals surface area contributed by atoms with Gasteiger partial charge in [0.1, 0.15) is 11.2 Å². The minimum Gasteiger partial charge on any atom is -0.352 e. The summed E-state index contributed by atoms with van der Waals surface area (Å²) >= 11 is 0. The number of rotatable bonds is 3. The summed E-state index contributed by atoms with van der Waals surface area (Å²) < 4.78 is 14.1. The summed E-state index contributed by atoms with van der Waals surface area (Å²) in [5.74, 6) is -2.16. The molecule has 1 spiro atoms. The van der Waals surface area contributed by atoms with Crippen molar-refractivity contribution in [1.29, 1.82) is 0 Å². The molecule has 1 fully saturated rings. The number of carbonyl (C=O) groups excluding carboxylic acids is 3. The highest BCUT2D eigenvalue weighted by atomic mass is 19.1. The van der Waals surface area contributed by atoms with Gasteiger partial charge >= 0.3 is 0 Å². The molecule has 3 heterocycles. The van der Waals surface area contributed by atoms with Crippen LogP contribution in [0.15, 0.2) is 72.8 Å². The van der Waals surface area contributed by atoms with Crippen LogP contribution in [0.4, 0.5) is 15.8 Å². The van der Waals surface area contributed by atoms with E-state index in [1.165, 1.54) is 19.1 Å².